The van der Waals surface area contributed by atoms with E-state index in [0.29, 0.717) is 5.84 Å². The molecule has 0 aliphatic heterocycles. The SMILES string of the molecule is c1ccc(N(c2ccccc2)c2ccc(-c3c(-c4cccc5ccccc45)nc4oc5ccccc5n34)cc2)cc1. The maximum absolute atomic E-state index is 6.25. The molecule has 0 spiro atoms. The van der Waals surface area contributed by atoms with Crippen LogP contribution in [0, 0.1) is 0 Å². The van der Waals surface area contributed by atoms with E-state index in [1.165, 1.54) is 5.39 Å². The Kier molecular flexibility index (Phi) is 5.42. The van der Waals surface area contributed by atoms with Crippen molar-refractivity contribution in [2.45, 2.75) is 0 Å². The van der Waals surface area contributed by atoms with Gasteiger partial charge in [-0.05, 0) is 59.3 Å². The fraction of sp³-hybridized carbons (Fsp3) is 0. The smallest absolute Gasteiger partial charge is 0.307 e. The predicted molar refractivity (Wildman–Crippen MR) is 168 cm³/mol. The standard InChI is InChI=1S/C37H25N3O/c1-3-14-28(15-4-1)39(29-16-5-2-6-17-29)30-24-22-27(23-25-30)36-35(32-19-11-13-26-12-7-8-18-31(26)32)38-37-40(36)33-20-9-10-21-34(33)41-37/h1-25H. The predicted octanol–water partition coefficient (Wildman–Crippen LogP) is 10.0. The van der Waals surface area contributed by atoms with Gasteiger partial charge >= 0.3 is 5.84 Å². The lowest BCUT2D eigenvalue weighted by Gasteiger charge is -2.25. The van der Waals surface area contributed by atoms with Crippen molar-refractivity contribution in [1.82, 2.24) is 9.38 Å². The number of rotatable bonds is 5. The second-order valence-corrected chi connectivity index (χ2v) is 10.1. The number of hydrogen-bond acceptors (Lipinski definition) is 3. The highest BCUT2D eigenvalue weighted by Gasteiger charge is 2.22. The summed E-state index contributed by atoms with van der Waals surface area (Å²) in [6.07, 6.45) is 0. The average Bonchev–Trinajstić information content (AvgIpc) is 3.59. The van der Waals surface area contributed by atoms with Crippen molar-refractivity contribution in [3.63, 3.8) is 0 Å². The third-order valence-electron chi connectivity index (χ3n) is 7.63. The molecule has 0 unspecified atom stereocenters. The summed E-state index contributed by atoms with van der Waals surface area (Å²) < 4.78 is 8.40. The van der Waals surface area contributed by atoms with Gasteiger partial charge in [0, 0.05) is 28.2 Å². The van der Waals surface area contributed by atoms with Crippen molar-refractivity contribution in [2.75, 3.05) is 4.90 Å². The van der Waals surface area contributed by atoms with Gasteiger partial charge in [-0.15, -0.1) is 0 Å². The van der Waals surface area contributed by atoms with Crippen LogP contribution in [0.4, 0.5) is 17.1 Å². The number of fused-ring (bicyclic) bond motifs is 4. The van der Waals surface area contributed by atoms with E-state index in [1.807, 2.05) is 30.3 Å². The highest BCUT2D eigenvalue weighted by atomic mass is 16.4. The van der Waals surface area contributed by atoms with E-state index in [9.17, 15) is 0 Å². The molecule has 0 atom stereocenters. The Morgan fingerprint density at radius 3 is 1.90 bits per heavy atom. The minimum Gasteiger partial charge on any atom is -0.423 e. The van der Waals surface area contributed by atoms with Crippen LogP contribution in [-0.2, 0) is 0 Å². The Balaban J connectivity index is 1.34. The number of imidazole rings is 1. The van der Waals surface area contributed by atoms with E-state index in [-0.39, 0.29) is 0 Å². The van der Waals surface area contributed by atoms with E-state index >= 15 is 0 Å². The summed E-state index contributed by atoms with van der Waals surface area (Å²) in [5, 5.41) is 2.35. The number of nitrogens with zero attached hydrogens (tertiary/aromatic N) is 3. The number of hydrogen-bond donors (Lipinski definition) is 0. The second kappa shape index (κ2) is 9.54. The third kappa shape index (κ3) is 3.88. The maximum atomic E-state index is 6.25. The highest BCUT2D eigenvalue weighted by molar-refractivity contribution is 6.00. The van der Waals surface area contributed by atoms with Crippen LogP contribution in [0.15, 0.2) is 156 Å². The van der Waals surface area contributed by atoms with Gasteiger partial charge in [-0.3, -0.25) is 4.40 Å². The normalized spacial score (nSPS) is 11.4. The minimum absolute atomic E-state index is 0.586. The first-order chi connectivity index (χ1) is 20.3. The van der Waals surface area contributed by atoms with Gasteiger partial charge in [0.1, 0.15) is 5.69 Å². The lowest BCUT2D eigenvalue weighted by molar-refractivity contribution is 0.642. The second-order valence-electron chi connectivity index (χ2n) is 10.1. The van der Waals surface area contributed by atoms with Gasteiger partial charge in [-0.25, -0.2) is 0 Å². The molecule has 8 aromatic rings. The first-order valence-corrected chi connectivity index (χ1v) is 13.7. The number of benzene rings is 6. The van der Waals surface area contributed by atoms with Crippen molar-refractivity contribution < 1.29 is 4.42 Å². The molecule has 0 saturated carbocycles. The molecule has 0 amide bonds. The van der Waals surface area contributed by atoms with E-state index in [1.54, 1.807) is 0 Å². The largest absolute Gasteiger partial charge is 0.423 e. The van der Waals surface area contributed by atoms with Crippen molar-refractivity contribution >= 4 is 44.8 Å². The Labute approximate surface area is 237 Å². The van der Waals surface area contributed by atoms with Crippen LogP contribution in [0.3, 0.4) is 0 Å². The van der Waals surface area contributed by atoms with Crippen molar-refractivity contribution in [3.05, 3.63) is 152 Å². The van der Waals surface area contributed by atoms with Crippen LogP contribution in [-0.4, -0.2) is 9.38 Å². The molecule has 0 fully saturated rings. The molecule has 0 saturated heterocycles. The summed E-state index contributed by atoms with van der Waals surface area (Å²) in [7, 11) is 0. The quantitative estimate of drug-likeness (QED) is 0.223. The summed E-state index contributed by atoms with van der Waals surface area (Å²) in [6.45, 7) is 0. The molecule has 2 aromatic heterocycles. The zero-order valence-corrected chi connectivity index (χ0v) is 22.2. The summed E-state index contributed by atoms with van der Waals surface area (Å²) in [5.74, 6) is 0.586. The lowest BCUT2D eigenvalue weighted by atomic mass is 9.98. The van der Waals surface area contributed by atoms with E-state index in [0.717, 1.165) is 56.1 Å². The summed E-state index contributed by atoms with van der Waals surface area (Å²) >= 11 is 0. The van der Waals surface area contributed by atoms with Gasteiger partial charge in [-0.2, -0.15) is 4.98 Å². The van der Waals surface area contributed by atoms with Crippen molar-refractivity contribution in [2.24, 2.45) is 0 Å². The molecular formula is C37H25N3O. The zero-order chi connectivity index (χ0) is 27.2. The van der Waals surface area contributed by atoms with Crippen LogP contribution in [0.25, 0.3) is 50.2 Å². The molecule has 8 rings (SSSR count). The van der Waals surface area contributed by atoms with Crippen molar-refractivity contribution in [3.8, 4) is 22.5 Å². The molecule has 0 aliphatic carbocycles. The summed E-state index contributed by atoms with van der Waals surface area (Å²) in [4.78, 5) is 7.36. The van der Waals surface area contributed by atoms with Gasteiger partial charge in [0.2, 0.25) is 0 Å². The van der Waals surface area contributed by atoms with Gasteiger partial charge in [0.25, 0.3) is 0 Å². The first kappa shape index (κ1) is 23.3. The van der Waals surface area contributed by atoms with E-state index < -0.39 is 0 Å². The fourth-order valence-electron chi connectivity index (χ4n) is 5.77. The van der Waals surface area contributed by atoms with Gasteiger partial charge < -0.3 is 9.32 Å². The molecular weight excluding hydrogens is 502 g/mol. The topological polar surface area (TPSA) is 33.7 Å². The number of oxazole rings is 1. The molecule has 0 aliphatic rings. The molecule has 2 heterocycles. The molecule has 4 heteroatoms. The van der Waals surface area contributed by atoms with Crippen LogP contribution in [0.2, 0.25) is 0 Å². The van der Waals surface area contributed by atoms with E-state index in [2.05, 4.69) is 131 Å². The maximum Gasteiger partial charge on any atom is 0.307 e. The Morgan fingerprint density at radius 2 is 1.15 bits per heavy atom. The number of anilines is 3. The Morgan fingerprint density at radius 1 is 0.537 bits per heavy atom. The fourth-order valence-corrected chi connectivity index (χ4v) is 5.77. The van der Waals surface area contributed by atoms with Gasteiger partial charge in [0.05, 0.1) is 11.2 Å². The molecule has 6 aromatic carbocycles. The number of para-hydroxylation sites is 4. The van der Waals surface area contributed by atoms with Crippen LogP contribution < -0.4 is 4.90 Å². The average molecular weight is 528 g/mol. The van der Waals surface area contributed by atoms with Crippen LogP contribution in [0.1, 0.15) is 0 Å². The molecule has 41 heavy (non-hydrogen) atoms. The molecule has 4 nitrogen and oxygen atoms in total. The van der Waals surface area contributed by atoms with Crippen LogP contribution >= 0.6 is 0 Å². The third-order valence-corrected chi connectivity index (χ3v) is 7.63. The zero-order valence-electron chi connectivity index (χ0n) is 22.2. The lowest BCUT2D eigenvalue weighted by Crippen LogP contribution is -2.09. The monoisotopic (exact) mass is 527 g/mol. The summed E-state index contributed by atoms with van der Waals surface area (Å²) in [5.41, 5.74) is 9.17. The highest BCUT2D eigenvalue weighted by Crippen LogP contribution is 2.41. The van der Waals surface area contributed by atoms with E-state index in [4.69, 9.17) is 9.40 Å². The first-order valence-electron chi connectivity index (χ1n) is 13.7. The van der Waals surface area contributed by atoms with Crippen molar-refractivity contribution in [1.29, 1.82) is 0 Å². The minimum atomic E-state index is 0.586. The molecule has 0 N–H and O–H groups in total. The molecule has 0 radical (unpaired) electrons. The summed E-state index contributed by atoms with van der Waals surface area (Å²) in [6, 6.07) is 52.6. The van der Waals surface area contributed by atoms with Gasteiger partial charge in [0.15, 0.2) is 5.58 Å². The molecule has 0 bridgehead atoms. The Hall–Kier alpha value is -5.61. The number of aromatic nitrogens is 2. The van der Waals surface area contributed by atoms with Gasteiger partial charge in [-0.1, -0.05) is 103 Å². The van der Waals surface area contributed by atoms with Crippen LogP contribution in [0.5, 0.6) is 0 Å². The Bertz CT molecular complexity index is 2100. The molecule has 194 valence electrons.